The minimum Gasteiger partial charge on any atom is -0.542 e. The van der Waals surface area contributed by atoms with E-state index in [1.807, 2.05) is 0 Å². The molecule has 1 aromatic carbocycles. The van der Waals surface area contributed by atoms with Crippen LogP contribution < -0.4 is 9.84 Å². The van der Waals surface area contributed by atoms with E-state index in [9.17, 15) is 28.3 Å². The maximum Gasteiger partial charge on any atom is 0.190 e. The fourth-order valence-corrected chi connectivity index (χ4v) is 1.24. The van der Waals surface area contributed by atoms with Crippen LogP contribution in [0.15, 0.2) is 12.1 Å². The van der Waals surface area contributed by atoms with E-state index in [2.05, 4.69) is 4.74 Å². The highest BCUT2D eigenvalue weighted by Crippen LogP contribution is 2.23. The number of aliphatic carboxylic acids is 1. The third-order valence-electron chi connectivity index (χ3n) is 2.07. The number of halogens is 2. The molecular formula is C11H7F2O5-. The molecule has 0 aliphatic carbocycles. The zero-order valence-electron chi connectivity index (χ0n) is 9.16. The molecule has 0 saturated carbocycles. The molecule has 0 atom stereocenters. The Morgan fingerprint density at radius 1 is 1.22 bits per heavy atom. The molecular weight excluding hydrogens is 250 g/mol. The molecule has 18 heavy (non-hydrogen) atoms. The van der Waals surface area contributed by atoms with Crippen molar-refractivity contribution >= 4 is 17.5 Å². The smallest absolute Gasteiger partial charge is 0.190 e. The van der Waals surface area contributed by atoms with Gasteiger partial charge >= 0.3 is 0 Å². The Bertz CT molecular complexity index is 501. The fraction of sp³-hybridized carbons (Fsp3) is 0.182. The van der Waals surface area contributed by atoms with Gasteiger partial charge in [0.05, 0.1) is 13.5 Å². The third kappa shape index (κ3) is 2.88. The number of carbonyl (C=O) groups is 3. The Hall–Kier alpha value is -2.31. The summed E-state index contributed by atoms with van der Waals surface area (Å²) in [6, 6.07) is 1.32. The number of benzene rings is 1. The van der Waals surface area contributed by atoms with E-state index in [1.165, 1.54) is 0 Å². The monoisotopic (exact) mass is 257 g/mol. The predicted octanol–water partition coefficient (Wildman–Crippen LogP) is -0.135. The molecule has 0 aliphatic heterocycles. The van der Waals surface area contributed by atoms with E-state index < -0.39 is 46.9 Å². The van der Waals surface area contributed by atoms with E-state index in [4.69, 9.17) is 0 Å². The summed E-state index contributed by atoms with van der Waals surface area (Å²) in [6.07, 6.45) is -1.02. The van der Waals surface area contributed by atoms with Crippen molar-refractivity contribution in [2.45, 2.75) is 6.42 Å². The van der Waals surface area contributed by atoms with Crippen LogP contribution in [0, 0.1) is 11.6 Å². The molecule has 0 radical (unpaired) electrons. The number of ether oxygens (including phenoxy) is 1. The van der Waals surface area contributed by atoms with Crippen LogP contribution in [0.1, 0.15) is 16.8 Å². The number of hydrogen-bond acceptors (Lipinski definition) is 5. The van der Waals surface area contributed by atoms with Gasteiger partial charge in [-0.2, -0.15) is 0 Å². The van der Waals surface area contributed by atoms with Gasteiger partial charge in [-0.3, -0.25) is 9.59 Å². The van der Waals surface area contributed by atoms with Gasteiger partial charge in [-0.05, 0) is 12.1 Å². The molecule has 0 fully saturated rings. The van der Waals surface area contributed by atoms with Crippen LogP contribution in [-0.2, 0) is 9.59 Å². The summed E-state index contributed by atoms with van der Waals surface area (Å²) in [7, 11) is 1.04. The molecule has 0 unspecified atom stereocenters. The molecule has 0 spiro atoms. The van der Waals surface area contributed by atoms with Gasteiger partial charge in [0.15, 0.2) is 29.0 Å². The maximum atomic E-state index is 13.2. The minimum atomic E-state index is -2.03. The van der Waals surface area contributed by atoms with E-state index in [0.717, 1.165) is 7.11 Å². The van der Waals surface area contributed by atoms with Gasteiger partial charge in [-0.15, -0.1) is 0 Å². The molecule has 0 bridgehead atoms. The van der Waals surface area contributed by atoms with Crippen LogP contribution in [0.4, 0.5) is 8.78 Å². The van der Waals surface area contributed by atoms with Crippen LogP contribution >= 0.6 is 0 Å². The number of carbonyl (C=O) groups excluding carboxylic acids is 3. The maximum absolute atomic E-state index is 13.2. The highest BCUT2D eigenvalue weighted by Gasteiger charge is 2.18. The van der Waals surface area contributed by atoms with Gasteiger partial charge < -0.3 is 14.6 Å². The first kappa shape index (κ1) is 13.8. The summed E-state index contributed by atoms with van der Waals surface area (Å²) in [5.74, 6) is -7.43. The fourth-order valence-electron chi connectivity index (χ4n) is 1.24. The van der Waals surface area contributed by atoms with Crippen LogP contribution in [0.3, 0.4) is 0 Å². The molecule has 0 aromatic heterocycles. The van der Waals surface area contributed by atoms with Gasteiger partial charge in [0.25, 0.3) is 0 Å². The number of methoxy groups -OCH3 is 1. The molecule has 1 rings (SSSR count). The first-order chi connectivity index (χ1) is 8.36. The van der Waals surface area contributed by atoms with Crippen LogP contribution in [0.5, 0.6) is 5.75 Å². The summed E-state index contributed by atoms with van der Waals surface area (Å²) in [4.78, 5) is 32.2. The second-order valence-electron chi connectivity index (χ2n) is 3.28. The molecule has 96 valence electrons. The third-order valence-corrected chi connectivity index (χ3v) is 2.07. The van der Waals surface area contributed by atoms with Crippen molar-refractivity contribution in [3.8, 4) is 5.75 Å². The van der Waals surface area contributed by atoms with E-state index in [1.54, 1.807) is 0 Å². The summed E-state index contributed by atoms with van der Waals surface area (Å²) in [5, 5.41) is 10.1. The van der Waals surface area contributed by atoms with Crippen LogP contribution in [0.2, 0.25) is 0 Å². The SMILES string of the molecule is COc1c(F)cc(C(=O)CC(=O)C(=O)[O-])cc1F. The Labute approximate surface area is 100.0 Å². The number of hydrogen-bond donors (Lipinski definition) is 0. The Balaban J connectivity index is 3.01. The molecule has 1 aromatic rings. The lowest BCUT2D eigenvalue weighted by molar-refractivity contribution is -0.299. The van der Waals surface area contributed by atoms with Crippen molar-refractivity contribution in [1.29, 1.82) is 0 Å². The second-order valence-corrected chi connectivity index (χ2v) is 3.28. The number of Topliss-reactive ketones (excluding diaryl/α,β-unsaturated/α-hetero) is 2. The molecule has 0 N–H and O–H groups in total. The van der Waals surface area contributed by atoms with E-state index >= 15 is 0 Å². The molecule has 5 nitrogen and oxygen atoms in total. The average Bonchev–Trinajstić information content (AvgIpc) is 2.28. The van der Waals surface area contributed by atoms with Crippen molar-refractivity contribution in [2.75, 3.05) is 7.11 Å². The average molecular weight is 257 g/mol. The normalized spacial score (nSPS) is 9.94. The first-order valence-corrected chi connectivity index (χ1v) is 4.67. The summed E-state index contributed by atoms with van der Waals surface area (Å²) >= 11 is 0. The van der Waals surface area contributed by atoms with Crippen molar-refractivity contribution in [3.63, 3.8) is 0 Å². The van der Waals surface area contributed by atoms with Crippen LogP contribution in [0.25, 0.3) is 0 Å². The minimum absolute atomic E-state index is 0.458. The van der Waals surface area contributed by atoms with Crippen molar-refractivity contribution in [2.24, 2.45) is 0 Å². The van der Waals surface area contributed by atoms with Gasteiger partial charge in [0, 0.05) is 5.56 Å². The Morgan fingerprint density at radius 3 is 2.11 bits per heavy atom. The van der Waals surface area contributed by atoms with Gasteiger partial charge in [-0.1, -0.05) is 0 Å². The lowest BCUT2D eigenvalue weighted by Gasteiger charge is -2.06. The summed E-state index contributed by atoms with van der Waals surface area (Å²) < 4.78 is 30.9. The molecule has 7 heteroatoms. The van der Waals surface area contributed by atoms with Gasteiger partial charge in [-0.25, -0.2) is 8.78 Å². The number of ketones is 2. The zero-order chi connectivity index (χ0) is 13.9. The topological polar surface area (TPSA) is 83.5 Å². The quantitative estimate of drug-likeness (QED) is 0.416. The second kappa shape index (κ2) is 5.35. The standard InChI is InChI=1S/C11H8F2O5/c1-18-10-6(12)2-5(3-7(10)13)8(14)4-9(15)11(16)17/h2-3H,4H2,1H3,(H,16,17)/p-1. The molecule has 0 heterocycles. The Morgan fingerprint density at radius 2 is 1.72 bits per heavy atom. The highest BCUT2D eigenvalue weighted by atomic mass is 19.1. The van der Waals surface area contributed by atoms with E-state index in [0.29, 0.717) is 12.1 Å². The highest BCUT2D eigenvalue weighted by molar-refractivity contribution is 6.36. The van der Waals surface area contributed by atoms with Crippen LogP contribution in [-0.4, -0.2) is 24.6 Å². The zero-order valence-corrected chi connectivity index (χ0v) is 9.16. The number of rotatable bonds is 5. The Kier molecular flexibility index (Phi) is 4.09. The summed E-state index contributed by atoms with van der Waals surface area (Å²) in [5.41, 5.74) is -0.458. The lowest BCUT2D eigenvalue weighted by Crippen LogP contribution is -2.32. The lowest BCUT2D eigenvalue weighted by atomic mass is 10.1. The molecule has 0 amide bonds. The van der Waals surface area contributed by atoms with E-state index in [-0.39, 0.29) is 0 Å². The first-order valence-electron chi connectivity index (χ1n) is 4.67. The number of carboxylic acids is 1. The van der Waals surface area contributed by atoms with Crippen molar-refractivity contribution < 1.29 is 33.0 Å². The van der Waals surface area contributed by atoms with Crippen molar-refractivity contribution in [3.05, 3.63) is 29.3 Å². The van der Waals surface area contributed by atoms with Gasteiger partial charge in [0.1, 0.15) is 5.97 Å². The predicted molar refractivity (Wildman–Crippen MR) is 51.9 cm³/mol. The van der Waals surface area contributed by atoms with Gasteiger partial charge in [0.2, 0.25) is 0 Å². The molecule has 0 aliphatic rings. The summed E-state index contributed by atoms with van der Waals surface area (Å²) in [6.45, 7) is 0. The van der Waals surface area contributed by atoms with Crippen molar-refractivity contribution in [1.82, 2.24) is 0 Å². The largest absolute Gasteiger partial charge is 0.542 e. The number of carboxylic acid groups (broad SMARTS) is 1. The molecule has 0 saturated heterocycles.